The van der Waals surface area contributed by atoms with Crippen LogP contribution < -0.4 is 4.72 Å². The molecule has 0 aromatic carbocycles. The summed E-state index contributed by atoms with van der Waals surface area (Å²) in [6.45, 7) is 0.456. The normalized spacial score (nSPS) is 13.0. The third kappa shape index (κ3) is 2.78. The minimum Gasteiger partial charge on any atom is -0.394 e. The summed E-state index contributed by atoms with van der Waals surface area (Å²) < 4.78 is 25.6. The van der Waals surface area contributed by atoms with E-state index in [-0.39, 0.29) is 4.90 Å². The minimum absolute atomic E-state index is 0.0654. The van der Waals surface area contributed by atoms with Crippen LogP contribution in [0.2, 0.25) is 0 Å². The topological polar surface area (TPSA) is 102 Å². The molecule has 1 aromatic heterocycles. The Morgan fingerprint density at radius 3 is 2.47 bits per heavy atom. The molecule has 0 spiro atoms. The molecular formula is C8H14N2O4S. The maximum Gasteiger partial charge on any atom is 0.242 e. The van der Waals surface area contributed by atoms with Gasteiger partial charge >= 0.3 is 0 Å². The molecule has 0 saturated heterocycles. The van der Waals surface area contributed by atoms with Crippen LogP contribution in [0.5, 0.6) is 0 Å². The van der Waals surface area contributed by atoms with Crippen LogP contribution in [0.25, 0.3) is 0 Å². The van der Waals surface area contributed by atoms with Gasteiger partial charge in [0.1, 0.15) is 0 Å². The van der Waals surface area contributed by atoms with E-state index < -0.39 is 28.8 Å². The van der Waals surface area contributed by atoms with Gasteiger partial charge in [0.25, 0.3) is 0 Å². The zero-order valence-electron chi connectivity index (χ0n) is 8.27. The predicted molar refractivity (Wildman–Crippen MR) is 53.7 cm³/mol. The molecule has 6 nitrogen and oxygen atoms in total. The van der Waals surface area contributed by atoms with Crippen molar-refractivity contribution < 1.29 is 18.6 Å². The summed E-state index contributed by atoms with van der Waals surface area (Å²) in [6, 6.07) is 1.39. The molecule has 1 heterocycles. The lowest BCUT2D eigenvalue weighted by Crippen LogP contribution is -2.51. The quantitative estimate of drug-likeness (QED) is 0.526. The van der Waals surface area contributed by atoms with Gasteiger partial charge in [-0.1, -0.05) is 0 Å². The van der Waals surface area contributed by atoms with E-state index in [1.165, 1.54) is 25.4 Å². The molecule has 0 amide bonds. The van der Waals surface area contributed by atoms with E-state index in [0.717, 1.165) is 0 Å². The number of hydrogen-bond donors (Lipinski definition) is 4. The molecule has 0 unspecified atom stereocenters. The molecule has 0 bridgehead atoms. The molecule has 1 aromatic rings. The third-order valence-electron chi connectivity index (χ3n) is 1.96. The van der Waals surface area contributed by atoms with Crippen LogP contribution in [0, 0.1) is 0 Å². The van der Waals surface area contributed by atoms with Gasteiger partial charge in [0.2, 0.25) is 10.0 Å². The van der Waals surface area contributed by atoms with Crippen molar-refractivity contribution in [3.8, 4) is 0 Å². The van der Waals surface area contributed by atoms with E-state index in [1.807, 2.05) is 0 Å². The summed E-state index contributed by atoms with van der Waals surface area (Å²) in [5, 5.41) is 17.9. The van der Waals surface area contributed by atoms with Crippen LogP contribution >= 0.6 is 0 Å². The van der Waals surface area contributed by atoms with Gasteiger partial charge in [-0.2, -0.15) is 0 Å². The smallest absolute Gasteiger partial charge is 0.242 e. The van der Waals surface area contributed by atoms with Gasteiger partial charge in [-0.15, -0.1) is 0 Å². The number of aliphatic hydroxyl groups excluding tert-OH is 2. The fourth-order valence-electron chi connectivity index (χ4n) is 0.974. The van der Waals surface area contributed by atoms with Gasteiger partial charge in [0.05, 0.1) is 23.6 Å². The Morgan fingerprint density at radius 1 is 1.47 bits per heavy atom. The number of aromatic nitrogens is 1. The summed E-state index contributed by atoms with van der Waals surface area (Å²) in [4.78, 5) is 2.68. The van der Waals surface area contributed by atoms with Crippen LogP contribution in [-0.2, 0) is 10.0 Å². The maximum atomic E-state index is 11.7. The maximum absolute atomic E-state index is 11.7. The molecule has 0 saturated carbocycles. The Bertz CT molecular complexity index is 394. The Hall–Kier alpha value is -0.890. The van der Waals surface area contributed by atoms with Gasteiger partial charge in [0.15, 0.2) is 0 Å². The molecular weight excluding hydrogens is 220 g/mol. The lowest BCUT2D eigenvalue weighted by Gasteiger charge is -2.25. The van der Waals surface area contributed by atoms with E-state index in [2.05, 4.69) is 9.71 Å². The highest BCUT2D eigenvalue weighted by molar-refractivity contribution is 7.89. The second-order valence-electron chi connectivity index (χ2n) is 3.53. The van der Waals surface area contributed by atoms with Gasteiger partial charge in [0, 0.05) is 12.4 Å². The average molecular weight is 234 g/mol. The molecule has 0 aliphatic carbocycles. The summed E-state index contributed by atoms with van der Waals surface area (Å²) in [5.74, 6) is 0. The van der Waals surface area contributed by atoms with E-state index in [9.17, 15) is 8.42 Å². The number of sulfonamides is 1. The van der Waals surface area contributed by atoms with Crippen molar-refractivity contribution in [1.82, 2.24) is 9.71 Å². The van der Waals surface area contributed by atoms with Crippen molar-refractivity contribution >= 4 is 10.0 Å². The molecule has 1 rings (SSSR count). The zero-order chi connectivity index (χ0) is 11.5. The third-order valence-corrected chi connectivity index (χ3v) is 3.59. The van der Waals surface area contributed by atoms with Crippen LogP contribution in [-0.4, -0.2) is 42.4 Å². The molecule has 0 atom stereocenters. The number of aromatic amines is 1. The first-order valence-electron chi connectivity index (χ1n) is 4.32. The molecule has 0 radical (unpaired) electrons. The number of hydrogen-bond acceptors (Lipinski definition) is 4. The van der Waals surface area contributed by atoms with E-state index in [0.29, 0.717) is 0 Å². The predicted octanol–water partition coefficient (Wildman–Crippen LogP) is -0.964. The zero-order valence-corrected chi connectivity index (χ0v) is 9.08. The molecule has 0 aliphatic rings. The van der Waals surface area contributed by atoms with Crippen LogP contribution in [0.15, 0.2) is 23.4 Å². The minimum atomic E-state index is -3.70. The lowest BCUT2D eigenvalue weighted by atomic mass is 10.1. The largest absolute Gasteiger partial charge is 0.394 e. The number of aliphatic hydroxyl groups is 2. The number of nitrogens with one attached hydrogen (secondary N) is 2. The molecule has 0 aliphatic heterocycles. The van der Waals surface area contributed by atoms with Crippen molar-refractivity contribution in [2.24, 2.45) is 0 Å². The lowest BCUT2D eigenvalue weighted by molar-refractivity contribution is 0.122. The fraction of sp³-hybridized carbons (Fsp3) is 0.500. The summed E-state index contributed by atoms with van der Waals surface area (Å²) in [5.41, 5.74) is -1.25. The summed E-state index contributed by atoms with van der Waals surface area (Å²) >= 11 is 0. The Balaban J connectivity index is 2.91. The van der Waals surface area contributed by atoms with Crippen molar-refractivity contribution in [3.05, 3.63) is 18.5 Å². The molecule has 15 heavy (non-hydrogen) atoms. The van der Waals surface area contributed by atoms with E-state index in [4.69, 9.17) is 10.2 Å². The Morgan fingerprint density at radius 2 is 2.07 bits per heavy atom. The van der Waals surface area contributed by atoms with E-state index >= 15 is 0 Å². The van der Waals surface area contributed by atoms with Gasteiger partial charge in [-0.3, -0.25) is 0 Å². The van der Waals surface area contributed by atoms with Crippen molar-refractivity contribution in [1.29, 1.82) is 0 Å². The molecule has 86 valence electrons. The second kappa shape index (κ2) is 4.31. The van der Waals surface area contributed by atoms with E-state index in [1.54, 1.807) is 0 Å². The highest BCUT2D eigenvalue weighted by Crippen LogP contribution is 2.11. The summed E-state index contributed by atoms with van der Waals surface area (Å²) in [6.07, 6.45) is 2.79. The molecule has 4 N–H and O–H groups in total. The van der Waals surface area contributed by atoms with Crippen LogP contribution in [0.4, 0.5) is 0 Å². The summed E-state index contributed by atoms with van der Waals surface area (Å²) in [7, 11) is -3.70. The number of H-pyrrole nitrogens is 1. The monoisotopic (exact) mass is 234 g/mol. The van der Waals surface area contributed by atoms with Crippen LogP contribution in [0.3, 0.4) is 0 Å². The van der Waals surface area contributed by atoms with Gasteiger partial charge < -0.3 is 15.2 Å². The number of rotatable bonds is 5. The molecule has 0 fully saturated rings. The SMILES string of the molecule is CC(CO)(CO)NS(=O)(=O)c1cc[nH]c1. The first-order chi connectivity index (χ1) is 6.93. The highest BCUT2D eigenvalue weighted by Gasteiger charge is 2.29. The standard InChI is InChI=1S/C8H14N2O4S/c1-8(5-11,6-12)10-15(13,14)7-2-3-9-4-7/h2-4,9-12H,5-6H2,1H3. The first kappa shape index (κ1) is 12.2. The van der Waals surface area contributed by atoms with Gasteiger partial charge in [-0.25, -0.2) is 13.1 Å². The fourth-order valence-corrected chi connectivity index (χ4v) is 2.34. The highest BCUT2D eigenvalue weighted by atomic mass is 32.2. The van der Waals surface area contributed by atoms with Crippen LogP contribution in [0.1, 0.15) is 6.92 Å². The Labute approximate surface area is 88.0 Å². The average Bonchev–Trinajstić information content (AvgIpc) is 2.70. The molecule has 7 heteroatoms. The van der Waals surface area contributed by atoms with Crippen molar-refractivity contribution in [2.45, 2.75) is 17.4 Å². The second-order valence-corrected chi connectivity index (χ2v) is 5.21. The van der Waals surface area contributed by atoms with Crippen molar-refractivity contribution in [2.75, 3.05) is 13.2 Å². The van der Waals surface area contributed by atoms with Crippen molar-refractivity contribution in [3.63, 3.8) is 0 Å². The van der Waals surface area contributed by atoms with Gasteiger partial charge in [-0.05, 0) is 13.0 Å². The Kier molecular flexibility index (Phi) is 3.50. The first-order valence-corrected chi connectivity index (χ1v) is 5.80.